The van der Waals surface area contributed by atoms with Crippen molar-refractivity contribution in [2.75, 3.05) is 24.1 Å². The minimum absolute atomic E-state index is 0.597. The van der Waals surface area contributed by atoms with Crippen LogP contribution in [0.2, 0.25) is 0 Å². The fourth-order valence-electron chi connectivity index (χ4n) is 1.82. The Morgan fingerprint density at radius 1 is 1.25 bits per heavy atom. The van der Waals surface area contributed by atoms with Crippen LogP contribution in [-0.2, 0) is 0 Å². The molecule has 0 amide bonds. The van der Waals surface area contributed by atoms with Crippen LogP contribution < -0.4 is 0 Å². The van der Waals surface area contributed by atoms with Crippen LogP contribution in [0.5, 0.6) is 0 Å². The lowest BCUT2D eigenvalue weighted by molar-refractivity contribution is 0.275. The van der Waals surface area contributed by atoms with Gasteiger partial charge >= 0.3 is 0 Å². The van der Waals surface area contributed by atoms with Gasteiger partial charge in [0, 0.05) is 11.0 Å². The Balaban J connectivity index is 2.34. The summed E-state index contributed by atoms with van der Waals surface area (Å²) < 4.78 is 1.28. The summed E-state index contributed by atoms with van der Waals surface area (Å²) in [5.74, 6) is 0. The summed E-state index contributed by atoms with van der Waals surface area (Å²) in [6, 6.07) is 0. The minimum Gasteiger partial charge on any atom is -0.303 e. The third kappa shape index (κ3) is 3.60. The average Bonchev–Trinajstić information content (AvgIpc) is 2.14. The van der Waals surface area contributed by atoms with Crippen molar-refractivity contribution in [3.63, 3.8) is 0 Å². The number of halogens is 1. The van der Waals surface area contributed by atoms with Crippen molar-refractivity contribution in [3.05, 3.63) is 0 Å². The number of hydrogen-bond donors (Lipinski definition) is 0. The zero-order valence-corrected chi connectivity index (χ0v) is 10.4. The second kappa shape index (κ2) is 4.80. The molecule has 0 aromatic carbocycles. The number of alkyl halides is 1. The van der Waals surface area contributed by atoms with Crippen LogP contribution in [0.15, 0.2) is 0 Å². The SMILES string of the molecule is CC1(C)CCCN(CCI)CC1. The van der Waals surface area contributed by atoms with Gasteiger partial charge in [-0.3, -0.25) is 0 Å². The summed E-state index contributed by atoms with van der Waals surface area (Å²) in [6.45, 7) is 8.74. The molecular weight excluding hydrogens is 261 g/mol. The van der Waals surface area contributed by atoms with Crippen LogP contribution >= 0.6 is 22.6 Å². The Morgan fingerprint density at radius 3 is 2.67 bits per heavy atom. The maximum absolute atomic E-state index is 2.61. The molecule has 0 radical (unpaired) electrons. The molecule has 0 saturated carbocycles. The Morgan fingerprint density at radius 2 is 2.00 bits per heavy atom. The van der Waals surface area contributed by atoms with E-state index in [0.29, 0.717) is 5.41 Å². The molecule has 0 unspecified atom stereocenters. The molecule has 0 N–H and O–H groups in total. The number of rotatable bonds is 2. The summed E-state index contributed by atoms with van der Waals surface area (Å²) >= 11 is 2.47. The van der Waals surface area contributed by atoms with E-state index < -0.39 is 0 Å². The lowest BCUT2D eigenvalue weighted by Gasteiger charge is -2.22. The van der Waals surface area contributed by atoms with E-state index in [-0.39, 0.29) is 0 Å². The molecule has 0 spiro atoms. The molecule has 1 aliphatic rings. The van der Waals surface area contributed by atoms with Gasteiger partial charge in [-0.05, 0) is 37.8 Å². The maximum Gasteiger partial charge on any atom is 0.0123 e. The Bertz CT molecular complexity index is 134. The molecule has 1 nitrogen and oxygen atoms in total. The summed E-state index contributed by atoms with van der Waals surface area (Å²) in [6.07, 6.45) is 4.18. The van der Waals surface area contributed by atoms with E-state index in [1.54, 1.807) is 0 Å². The number of likely N-dealkylation sites (tertiary alicyclic amines) is 1. The predicted octanol–water partition coefficient (Wildman–Crippen LogP) is 2.93. The smallest absolute Gasteiger partial charge is 0.0123 e. The maximum atomic E-state index is 2.61. The van der Waals surface area contributed by atoms with E-state index in [1.807, 2.05) is 0 Å². The molecule has 0 atom stereocenters. The molecule has 72 valence electrons. The summed E-state index contributed by atoms with van der Waals surface area (Å²) in [5, 5.41) is 0. The molecule has 0 aliphatic carbocycles. The van der Waals surface area contributed by atoms with E-state index in [0.717, 1.165) is 0 Å². The van der Waals surface area contributed by atoms with E-state index in [2.05, 4.69) is 41.3 Å². The standard InChI is InChI=1S/C10H20IN/c1-10(2)4-3-7-12(8-5-10)9-6-11/h3-9H2,1-2H3. The third-order valence-electron chi connectivity index (χ3n) is 2.83. The molecule has 1 heterocycles. The first-order valence-electron chi connectivity index (χ1n) is 4.92. The fourth-order valence-corrected chi connectivity index (χ4v) is 2.50. The fraction of sp³-hybridized carbons (Fsp3) is 1.00. The summed E-state index contributed by atoms with van der Waals surface area (Å²) in [4.78, 5) is 2.61. The molecule has 0 aromatic rings. The van der Waals surface area contributed by atoms with Crippen molar-refractivity contribution < 1.29 is 0 Å². The monoisotopic (exact) mass is 281 g/mol. The molecule has 1 saturated heterocycles. The Hall–Kier alpha value is 0.690. The largest absolute Gasteiger partial charge is 0.303 e. The van der Waals surface area contributed by atoms with Crippen LogP contribution in [0.25, 0.3) is 0 Å². The summed E-state index contributed by atoms with van der Waals surface area (Å²) in [7, 11) is 0. The van der Waals surface area contributed by atoms with Crippen molar-refractivity contribution in [1.29, 1.82) is 0 Å². The first kappa shape index (κ1) is 10.8. The van der Waals surface area contributed by atoms with Crippen molar-refractivity contribution in [3.8, 4) is 0 Å². The van der Waals surface area contributed by atoms with Crippen LogP contribution in [0.1, 0.15) is 33.1 Å². The Labute approximate surface area is 90.0 Å². The molecule has 1 aliphatic heterocycles. The van der Waals surface area contributed by atoms with Gasteiger partial charge in [-0.15, -0.1) is 0 Å². The van der Waals surface area contributed by atoms with Gasteiger partial charge in [-0.2, -0.15) is 0 Å². The van der Waals surface area contributed by atoms with Gasteiger partial charge in [-0.1, -0.05) is 36.4 Å². The van der Waals surface area contributed by atoms with Crippen LogP contribution in [0.4, 0.5) is 0 Å². The average molecular weight is 281 g/mol. The van der Waals surface area contributed by atoms with Gasteiger partial charge in [0.15, 0.2) is 0 Å². The van der Waals surface area contributed by atoms with Crippen molar-refractivity contribution in [2.24, 2.45) is 5.41 Å². The highest BCUT2D eigenvalue weighted by atomic mass is 127. The predicted molar refractivity (Wildman–Crippen MR) is 63.0 cm³/mol. The third-order valence-corrected chi connectivity index (χ3v) is 3.32. The highest BCUT2D eigenvalue weighted by molar-refractivity contribution is 14.1. The van der Waals surface area contributed by atoms with Gasteiger partial charge < -0.3 is 4.90 Å². The van der Waals surface area contributed by atoms with E-state index in [4.69, 9.17) is 0 Å². The number of hydrogen-bond acceptors (Lipinski definition) is 1. The molecule has 2 heteroatoms. The topological polar surface area (TPSA) is 3.24 Å². The molecule has 1 rings (SSSR count). The zero-order valence-electron chi connectivity index (χ0n) is 8.27. The minimum atomic E-state index is 0.597. The number of nitrogens with zero attached hydrogens (tertiary/aromatic N) is 1. The van der Waals surface area contributed by atoms with Gasteiger partial charge in [-0.25, -0.2) is 0 Å². The van der Waals surface area contributed by atoms with Crippen LogP contribution in [0.3, 0.4) is 0 Å². The van der Waals surface area contributed by atoms with E-state index in [1.165, 1.54) is 43.3 Å². The van der Waals surface area contributed by atoms with Gasteiger partial charge in [0.2, 0.25) is 0 Å². The molecule has 0 bridgehead atoms. The lowest BCUT2D eigenvalue weighted by Crippen LogP contribution is -2.27. The van der Waals surface area contributed by atoms with Crippen molar-refractivity contribution in [2.45, 2.75) is 33.1 Å². The highest BCUT2D eigenvalue weighted by Gasteiger charge is 2.22. The van der Waals surface area contributed by atoms with Gasteiger partial charge in [0.1, 0.15) is 0 Å². The van der Waals surface area contributed by atoms with Crippen molar-refractivity contribution >= 4 is 22.6 Å². The molecular formula is C10H20IN. The first-order valence-corrected chi connectivity index (χ1v) is 6.45. The van der Waals surface area contributed by atoms with Crippen molar-refractivity contribution in [1.82, 2.24) is 4.90 Å². The molecule has 0 aromatic heterocycles. The van der Waals surface area contributed by atoms with Gasteiger partial charge in [0.05, 0.1) is 0 Å². The first-order chi connectivity index (χ1) is 5.64. The molecule has 12 heavy (non-hydrogen) atoms. The second-order valence-electron chi connectivity index (χ2n) is 4.55. The Kier molecular flexibility index (Phi) is 4.30. The lowest BCUT2D eigenvalue weighted by atomic mass is 9.85. The van der Waals surface area contributed by atoms with Gasteiger partial charge in [0.25, 0.3) is 0 Å². The van der Waals surface area contributed by atoms with Crippen LogP contribution in [-0.4, -0.2) is 29.0 Å². The quantitative estimate of drug-likeness (QED) is 0.555. The summed E-state index contributed by atoms with van der Waals surface area (Å²) in [5.41, 5.74) is 0.597. The molecule has 1 fully saturated rings. The van der Waals surface area contributed by atoms with E-state index in [9.17, 15) is 0 Å². The van der Waals surface area contributed by atoms with E-state index >= 15 is 0 Å². The normalized spacial score (nSPS) is 25.2. The second-order valence-corrected chi connectivity index (χ2v) is 5.63. The van der Waals surface area contributed by atoms with Crippen LogP contribution in [0, 0.1) is 5.41 Å². The zero-order chi connectivity index (χ0) is 9.03. The highest BCUT2D eigenvalue weighted by Crippen LogP contribution is 2.29.